The van der Waals surface area contributed by atoms with E-state index in [9.17, 15) is 4.79 Å². The topological polar surface area (TPSA) is 32.3 Å². The predicted molar refractivity (Wildman–Crippen MR) is 132 cm³/mol. The summed E-state index contributed by atoms with van der Waals surface area (Å²) in [4.78, 5) is 14.5. The second-order valence-corrected chi connectivity index (χ2v) is 9.95. The van der Waals surface area contributed by atoms with Crippen LogP contribution in [0.1, 0.15) is 136 Å². The normalized spacial score (nSPS) is 17.3. The fraction of sp³-hybridized carbons (Fsp3) is 0.963. The highest BCUT2D eigenvalue weighted by molar-refractivity contribution is 5.75. The molecule has 3 heteroatoms. The van der Waals surface area contributed by atoms with E-state index in [1.165, 1.54) is 122 Å². The molecule has 0 bridgehead atoms. The van der Waals surface area contributed by atoms with Crippen molar-refractivity contribution in [2.75, 3.05) is 26.2 Å². The Kier molecular flexibility index (Phi) is 18.6. The standard InChI is InChI=1S/C27H54N2O/c1-3-4-5-6-7-8-9-10-11-12-13-14-15-16-17-18-22-28-27(30)21-24-29-23-19-20-26(2)25-29/h26H,3-25H2,1-2H3,(H,28,30). The van der Waals surface area contributed by atoms with Gasteiger partial charge in [-0.3, -0.25) is 4.79 Å². The summed E-state index contributed by atoms with van der Waals surface area (Å²) < 4.78 is 0. The van der Waals surface area contributed by atoms with Gasteiger partial charge in [-0.25, -0.2) is 0 Å². The van der Waals surface area contributed by atoms with Crippen LogP contribution in [0.15, 0.2) is 0 Å². The maximum atomic E-state index is 12.0. The fourth-order valence-corrected chi connectivity index (χ4v) is 4.74. The molecule has 1 heterocycles. The van der Waals surface area contributed by atoms with E-state index < -0.39 is 0 Å². The molecule has 0 aliphatic carbocycles. The summed E-state index contributed by atoms with van der Waals surface area (Å²) in [6.45, 7) is 8.77. The number of carbonyl (C=O) groups excluding carboxylic acids is 1. The summed E-state index contributed by atoms with van der Waals surface area (Å²) in [5.74, 6) is 1.04. The van der Waals surface area contributed by atoms with Crippen LogP contribution in [0.3, 0.4) is 0 Å². The molecular formula is C27H54N2O. The summed E-state index contributed by atoms with van der Waals surface area (Å²) in [5.41, 5.74) is 0. The molecule has 1 fully saturated rings. The number of likely N-dealkylation sites (tertiary alicyclic amines) is 1. The molecule has 1 atom stereocenters. The van der Waals surface area contributed by atoms with E-state index in [-0.39, 0.29) is 5.91 Å². The second-order valence-electron chi connectivity index (χ2n) is 9.95. The number of unbranched alkanes of at least 4 members (excludes halogenated alkanes) is 15. The van der Waals surface area contributed by atoms with Crippen molar-refractivity contribution in [1.29, 1.82) is 0 Å². The minimum Gasteiger partial charge on any atom is -0.356 e. The lowest BCUT2D eigenvalue weighted by molar-refractivity contribution is -0.121. The average Bonchev–Trinajstić information content (AvgIpc) is 2.74. The number of nitrogens with zero attached hydrogens (tertiary/aromatic N) is 1. The molecule has 1 amide bonds. The maximum Gasteiger partial charge on any atom is 0.221 e. The van der Waals surface area contributed by atoms with Crippen LogP contribution in [-0.4, -0.2) is 37.0 Å². The van der Waals surface area contributed by atoms with E-state index in [1.54, 1.807) is 0 Å². The van der Waals surface area contributed by atoms with E-state index in [0.29, 0.717) is 6.42 Å². The van der Waals surface area contributed by atoms with Gasteiger partial charge in [-0.1, -0.05) is 110 Å². The van der Waals surface area contributed by atoms with Gasteiger partial charge in [0.1, 0.15) is 0 Å². The lowest BCUT2D eigenvalue weighted by atomic mass is 10.0. The Morgan fingerprint density at radius 3 is 1.80 bits per heavy atom. The van der Waals surface area contributed by atoms with Crippen LogP contribution >= 0.6 is 0 Å². The number of carbonyl (C=O) groups is 1. The molecule has 1 saturated heterocycles. The molecule has 30 heavy (non-hydrogen) atoms. The number of piperidine rings is 1. The first-order valence-electron chi connectivity index (χ1n) is 13.7. The summed E-state index contributed by atoms with van der Waals surface area (Å²) >= 11 is 0. The Hall–Kier alpha value is -0.570. The Morgan fingerprint density at radius 2 is 1.30 bits per heavy atom. The van der Waals surface area contributed by atoms with E-state index in [1.807, 2.05) is 0 Å². The Balaban J connectivity index is 1.73. The average molecular weight is 423 g/mol. The molecule has 1 unspecified atom stereocenters. The van der Waals surface area contributed by atoms with Gasteiger partial charge in [0.15, 0.2) is 0 Å². The van der Waals surface area contributed by atoms with Gasteiger partial charge in [0, 0.05) is 26.1 Å². The zero-order valence-electron chi connectivity index (χ0n) is 20.7. The van der Waals surface area contributed by atoms with Crippen molar-refractivity contribution >= 4 is 5.91 Å². The smallest absolute Gasteiger partial charge is 0.221 e. The molecule has 0 saturated carbocycles. The van der Waals surface area contributed by atoms with Crippen molar-refractivity contribution in [3.63, 3.8) is 0 Å². The Bertz CT molecular complexity index is 385. The van der Waals surface area contributed by atoms with Gasteiger partial charge in [-0.2, -0.15) is 0 Å². The zero-order chi connectivity index (χ0) is 21.7. The molecule has 0 radical (unpaired) electrons. The van der Waals surface area contributed by atoms with Crippen LogP contribution in [0.25, 0.3) is 0 Å². The zero-order valence-corrected chi connectivity index (χ0v) is 20.7. The third kappa shape index (κ3) is 17.1. The van der Waals surface area contributed by atoms with Gasteiger partial charge in [-0.15, -0.1) is 0 Å². The first kappa shape index (κ1) is 27.5. The van der Waals surface area contributed by atoms with Gasteiger partial charge in [-0.05, 0) is 31.7 Å². The third-order valence-corrected chi connectivity index (χ3v) is 6.75. The summed E-state index contributed by atoms with van der Waals surface area (Å²) in [7, 11) is 0. The van der Waals surface area contributed by atoms with Crippen molar-refractivity contribution < 1.29 is 4.79 Å². The van der Waals surface area contributed by atoms with Crippen LogP contribution in [0, 0.1) is 5.92 Å². The highest BCUT2D eigenvalue weighted by atomic mass is 16.1. The highest BCUT2D eigenvalue weighted by Gasteiger charge is 2.16. The quantitative estimate of drug-likeness (QED) is 0.206. The van der Waals surface area contributed by atoms with E-state index in [4.69, 9.17) is 0 Å². The lowest BCUT2D eigenvalue weighted by Crippen LogP contribution is -2.37. The van der Waals surface area contributed by atoms with Crippen molar-refractivity contribution in [3.8, 4) is 0 Å². The van der Waals surface area contributed by atoms with Crippen molar-refractivity contribution in [2.45, 2.75) is 136 Å². The highest BCUT2D eigenvalue weighted by Crippen LogP contribution is 2.15. The van der Waals surface area contributed by atoms with Crippen LogP contribution in [0.2, 0.25) is 0 Å². The molecule has 0 aromatic rings. The predicted octanol–water partition coefficient (Wildman–Crippen LogP) is 7.49. The number of hydrogen-bond donors (Lipinski definition) is 1. The molecule has 178 valence electrons. The molecular weight excluding hydrogens is 368 g/mol. The van der Waals surface area contributed by atoms with Gasteiger partial charge in [0.05, 0.1) is 0 Å². The van der Waals surface area contributed by atoms with Gasteiger partial charge >= 0.3 is 0 Å². The minimum atomic E-state index is 0.245. The van der Waals surface area contributed by atoms with Crippen LogP contribution in [0.4, 0.5) is 0 Å². The number of amides is 1. The monoisotopic (exact) mass is 422 g/mol. The van der Waals surface area contributed by atoms with Crippen molar-refractivity contribution in [2.24, 2.45) is 5.92 Å². The fourth-order valence-electron chi connectivity index (χ4n) is 4.74. The molecule has 0 aromatic carbocycles. The lowest BCUT2D eigenvalue weighted by Gasteiger charge is -2.30. The summed E-state index contributed by atoms with van der Waals surface area (Å²) in [5, 5.41) is 3.12. The molecule has 1 rings (SSSR count). The molecule has 3 nitrogen and oxygen atoms in total. The van der Waals surface area contributed by atoms with E-state index in [0.717, 1.165) is 25.4 Å². The van der Waals surface area contributed by atoms with Gasteiger partial charge in [0.2, 0.25) is 5.91 Å². The third-order valence-electron chi connectivity index (χ3n) is 6.75. The van der Waals surface area contributed by atoms with Crippen LogP contribution in [0.5, 0.6) is 0 Å². The number of rotatable bonds is 20. The van der Waals surface area contributed by atoms with E-state index in [2.05, 4.69) is 24.1 Å². The SMILES string of the molecule is CCCCCCCCCCCCCCCCCCNC(=O)CCN1CCCC(C)C1. The molecule has 1 aliphatic rings. The second kappa shape index (κ2) is 20.3. The van der Waals surface area contributed by atoms with Crippen LogP contribution < -0.4 is 5.32 Å². The summed E-state index contributed by atoms with van der Waals surface area (Å²) in [6, 6.07) is 0. The first-order chi connectivity index (χ1) is 14.7. The Labute approximate surface area is 189 Å². The summed E-state index contributed by atoms with van der Waals surface area (Å²) in [6.07, 6.45) is 25.6. The van der Waals surface area contributed by atoms with E-state index >= 15 is 0 Å². The number of hydrogen-bond acceptors (Lipinski definition) is 2. The van der Waals surface area contributed by atoms with Crippen LogP contribution in [-0.2, 0) is 4.79 Å². The minimum absolute atomic E-state index is 0.245. The Morgan fingerprint density at radius 1 is 0.800 bits per heavy atom. The van der Waals surface area contributed by atoms with Gasteiger partial charge in [0.25, 0.3) is 0 Å². The molecule has 1 aliphatic heterocycles. The largest absolute Gasteiger partial charge is 0.356 e. The van der Waals surface area contributed by atoms with Gasteiger partial charge < -0.3 is 10.2 Å². The molecule has 0 aromatic heterocycles. The van der Waals surface area contributed by atoms with Crippen molar-refractivity contribution in [1.82, 2.24) is 10.2 Å². The first-order valence-corrected chi connectivity index (χ1v) is 13.7. The van der Waals surface area contributed by atoms with Crippen molar-refractivity contribution in [3.05, 3.63) is 0 Å². The molecule has 1 N–H and O–H groups in total. The maximum absolute atomic E-state index is 12.0. The number of nitrogens with one attached hydrogen (secondary N) is 1. The molecule has 0 spiro atoms.